The Kier molecular flexibility index (Phi) is 4.72. The predicted octanol–water partition coefficient (Wildman–Crippen LogP) is 2.21. The summed E-state index contributed by atoms with van der Waals surface area (Å²) in [6, 6.07) is 9.48. The summed E-state index contributed by atoms with van der Waals surface area (Å²) in [5.74, 6) is 0.742. The first-order chi connectivity index (χ1) is 11.2. The minimum absolute atomic E-state index is 0.0975. The lowest BCUT2D eigenvalue weighted by Crippen LogP contribution is -2.06. The first-order valence-corrected chi connectivity index (χ1v) is 8.09. The van der Waals surface area contributed by atoms with Crippen LogP contribution in [0.5, 0.6) is 0 Å². The Balaban J connectivity index is 1.71. The van der Waals surface area contributed by atoms with Crippen molar-refractivity contribution < 1.29 is 4.79 Å². The molecule has 1 N–H and O–H groups in total. The lowest BCUT2D eigenvalue weighted by Gasteiger charge is -2.08. The molecule has 0 unspecified atom stereocenters. The number of carbonyl (C=O) groups excluding carboxylic acids is 1. The number of nitrogens with one attached hydrogen (secondary N) is 1. The summed E-state index contributed by atoms with van der Waals surface area (Å²) in [6.45, 7) is 2.29. The summed E-state index contributed by atoms with van der Waals surface area (Å²) in [5, 5.41) is 15.9. The quantitative estimate of drug-likeness (QED) is 0.702. The molecular weight excluding hydrogens is 312 g/mol. The fraction of sp³-hybridized carbons (Fsp3) is 0.200. The van der Waals surface area contributed by atoms with Crippen LogP contribution in [0.25, 0.3) is 5.69 Å². The van der Waals surface area contributed by atoms with Crippen LogP contribution < -0.4 is 5.32 Å². The third-order valence-electron chi connectivity index (χ3n) is 3.07. The molecule has 0 aliphatic heterocycles. The zero-order chi connectivity index (χ0) is 16.1. The number of rotatable bonds is 6. The number of anilines is 1. The summed E-state index contributed by atoms with van der Waals surface area (Å²) in [7, 11) is 0. The second-order valence-corrected chi connectivity index (χ2v) is 5.89. The molecule has 1 aromatic carbocycles. The second kappa shape index (κ2) is 7.10. The molecule has 8 heteroatoms. The molecular formula is C15H16N6OS. The molecule has 0 atom stereocenters. The van der Waals surface area contributed by atoms with Gasteiger partial charge in [0.2, 0.25) is 5.91 Å². The summed E-state index contributed by atoms with van der Waals surface area (Å²) >= 11 is 1.61. The monoisotopic (exact) mass is 328 g/mol. The summed E-state index contributed by atoms with van der Waals surface area (Å²) in [6.07, 6.45) is 5.37. The van der Waals surface area contributed by atoms with Gasteiger partial charge in [-0.15, -0.1) is 10.2 Å². The van der Waals surface area contributed by atoms with E-state index in [1.165, 1.54) is 6.92 Å². The summed E-state index contributed by atoms with van der Waals surface area (Å²) < 4.78 is 3.78. The van der Waals surface area contributed by atoms with Crippen LogP contribution in [0.3, 0.4) is 0 Å². The number of carbonyl (C=O) groups is 1. The highest BCUT2D eigenvalue weighted by Crippen LogP contribution is 2.21. The van der Waals surface area contributed by atoms with Crippen LogP contribution in [0.2, 0.25) is 0 Å². The van der Waals surface area contributed by atoms with E-state index in [1.807, 2.05) is 45.8 Å². The average molecular weight is 328 g/mol. The molecule has 3 aromatic rings. The van der Waals surface area contributed by atoms with Crippen molar-refractivity contribution >= 4 is 23.4 Å². The Bertz CT molecular complexity index is 783. The van der Waals surface area contributed by atoms with Gasteiger partial charge in [0.05, 0.1) is 12.2 Å². The van der Waals surface area contributed by atoms with E-state index in [0.29, 0.717) is 0 Å². The van der Waals surface area contributed by atoms with E-state index in [1.54, 1.807) is 24.3 Å². The molecule has 7 nitrogen and oxygen atoms in total. The maximum absolute atomic E-state index is 11.2. The Morgan fingerprint density at radius 3 is 3.04 bits per heavy atom. The highest BCUT2D eigenvalue weighted by atomic mass is 32.2. The molecule has 2 heterocycles. The third-order valence-corrected chi connectivity index (χ3v) is 4.00. The molecule has 1 amide bonds. The molecule has 0 aliphatic rings. The topological polar surface area (TPSA) is 77.6 Å². The van der Waals surface area contributed by atoms with E-state index >= 15 is 0 Å². The first-order valence-electron chi connectivity index (χ1n) is 7.10. The number of hydrogen-bond donors (Lipinski definition) is 1. The number of thioether (sulfide) groups is 1. The van der Waals surface area contributed by atoms with Gasteiger partial charge in [-0.2, -0.15) is 5.10 Å². The molecule has 3 rings (SSSR count). The van der Waals surface area contributed by atoms with Crippen molar-refractivity contribution in [2.24, 2.45) is 0 Å². The number of nitrogens with zero attached hydrogens (tertiary/aromatic N) is 5. The first kappa shape index (κ1) is 15.3. The fourth-order valence-corrected chi connectivity index (χ4v) is 2.96. The van der Waals surface area contributed by atoms with Gasteiger partial charge in [-0.1, -0.05) is 17.8 Å². The van der Waals surface area contributed by atoms with Gasteiger partial charge in [-0.3, -0.25) is 14.0 Å². The minimum atomic E-state index is -0.0975. The largest absolute Gasteiger partial charge is 0.326 e. The lowest BCUT2D eigenvalue weighted by atomic mass is 10.2. The van der Waals surface area contributed by atoms with Crippen molar-refractivity contribution in [1.29, 1.82) is 0 Å². The standard InChI is InChI=1S/C15H16N6OS/c1-12(22)18-13-4-2-5-14(10-13)21-11-16-19-15(21)23-9-8-20-7-3-6-17-20/h2-7,10-11H,8-9H2,1H3,(H,18,22). The zero-order valence-corrected chi connectivity index (χ0v) is 13.4. The van der Waals surface area contributed by atoms with Crippen LogP contribution >= 0.6 is 11.8 Å². The fourth-order valence-electron chi connectivity index (χ4n) is 2.10. The summed E-state index contributed by atoms with van der Waals surface area (Å²) in [4.78, 5) is 11.2. The molecule has 0 bridgehead atoms. The Morgan fingerprint density at radius 2 is 2.26 bits per heavy atom. The highest BCUT2D eigenvalue weighted by Gasteiger charge is 2.08. The molecule has 0 saturated carbocycles. The van der Waals surface area contributed by atoms with Crippen LogP contribution in [-0.2, 0) is 11.3 Å². The van der Waals surface area contributed by atoms with Gasteiger partial charge in [0.1, 0.15) is 6.33 Å². The van der Waals surface area contributed by atoms with Crippen molar-refractivity contribution in [1.82, 2.24) is 24.5 Å². The lowest BCUT2D eigenvalue weighted by molar-refractivity contribution is -0.114. The minimum Gasteiger partial charge on any atom is -0.326 e. The van der Waals surface area contributed by atoms with Crippen LogP contribution in [-0.4, -0.2) is 36.2 Å². The molecule has 0 radical (unpaired) electrons. The van der Waals surface area contributed by atoms with Crippen molar-refractivity contribution in [3.8, 4) is 5.69 Å². The van der Waals surface area contributed by atoms with Crippen molar-refractivity contribution in [3.63, 3.8) is 0 Å². The van der Waals surface area contributed by atoms with Gasteiger partial charge < -0.3 is 5.32 Å². The van der Waals surface area contributed by atoms with Crippen LogP contribution in [0.15, 0.2) is 54.2 Å². The summed E-state index contributed by atoms with van der Waals surface area (Å²) in [5.41, 5.74) is 1.65. The highest BCUT2D eigenvalue weighted by molar-refractivity contribution is 7.99. The van der Waals surface area contributed by atoms with Crippen LogP contribution in [0.4, 0.5) is 5.69 Å². The zero-order valence-electron chi connectivity index (χ0n) is 12.6. The van der Waals surface area contributed by atoms with E-state index < -0.39 is 0 Å². The number of aromatic nitrogens is 5. The van der Waals surface area contributed by atoms with Crippen molar-refractivity contribution in [2.75, 3.05) is 11.1 Å². The molecule has 2 aromatic heterocycles. The number of hydrogen-bond acceptors (Lipinski definition) is 5. The van der Waals surface area contributed by atoms with Crippen LogP contribution in [0, 0.1) is 0 Å². The maximum atomic E-state index is 11.2. The Hall–Kier alpha value is -2.61. The number of benzene rings is 1. The van der Waals surface area contributed by atoms with E-state index in [9.17, 15) is 4.79 Å². The Labute approximate surface area is 137 Å². The SMILES string of the molecule is CC(=O)Nc1cccc(-n2cnnc2SCCn2cccn2)c1. The van der Waals surface area contributed by atoms with E-state index in [4.69, 9.17) is 0 Å². The third kappa shape index (κ3) is 3.98. The van der Waals surface area contributed by atoms with Gasteiger partial charge >= 0.3 is 0 Å². The van der Waals surface area contributed by atoms with Crippen molar-refractivity contribution in [3.05, 3.63) is 49.1 Å². The molecule has 23 heavy (non-hydrogen) atoms. The molecule has 0 saturated heterocycles. The van der Waals surface area contributed by atoms with E-state index in [-0.39, 0.29) is 5.91 Å². The van der Waals surface area contributed by atoms with Gasteiger partial charge in [-0.25, -0.2) is 0 Å². The molecule has 0 aliphatic carbocycles. The normalized spacial score (nSPS) is 10.7. The average Bonchev–Trinajstić information content (AvgIpc) is 3.18. The smallest absolute Gasteiger partial charge is 0.221 e. The number of amides is 1. The molecule has 0 spiro atoms. The van der Waals surface area contributed by atoms with Gasteiger partial charge in [0.25, 0.3) is 0 Å². The second-order valence-electron chi connectivity index (χ2n) is 4.83. The van der Waals surface area contributed by atoms with Gasteiger partial charge in [-0.05, 0) is 24.3 Å². The van der Waals surface area contributed by atoms with E-state index in [0.717, 1.165) is 28.8 Å². The van der Waals surface area contributed by atoms with Crippen molar-refractivity contribution in [2.45, 2.75) is 18.6 Å². The number of aryl methyl sites for hydroxylation is 1. The van der Waals surface area contributed by atoms with Gasteiger partial charge in [0.15, 0.2) is 5.16 Å². The molecule has 0 fully saturated rings. The predicted molar refractivity (Wildman–Crippen MR) is 88.6 cm³/mol. The van der Waals surface area contributed by atoms with E-state index in [2.05, 4.69) is 20.6 Å². The Morgan fingerprint density at radius 1 is 1.35 bits per heavy atom. The maximum Gasteiger partial charge on any atom is 0.221 e. The molecule has 118 valence electrons. The van der Waals surface area contributed by atoms with Crippen LogP contribution in [0.1, 0.15) is 6.92 Å². The van der Waals surface area contributed by atoms with Gasteiger partial charge in [0, 0.05) is 30.8 Å².